The van der Waals surface area contributed by atoms with E-state index in [-0.39, 0.29) is 5.75 Å². The number of aromatic hydroxyl groups is 1. The molecule has 0 aliphatic carbocycles. The van der Waals surface area contributed by atoms with Crippen LogP contribution in [0.5, 0.6) is 5.75 Å². The molecule has 2 aromatic rings. The highest BCUT2D eigenvalue weighted by Crippen LogP contribution is 2.20. The van der Waals surface area contributed by atoms with Gasteiger partial charge in [0, 0.05) is 12.0 Å². The van der Waals surface area contributed by atoms with Crippen LogP contribution in [0.2, 0.25) is 0 Å². The summed E-state index contributed by atoms with van der Waals surface area (Å²) in [7, 11) is 0. The maximum atomic E-state index is 9.16. The fourth-order valence-electron chi connectivity index (χ4n) is 1.41. The van der Waals surface area contributed by atoms with Gasteiger partial charge in [0.05, 0.1) is 0 Å². The van der Waals surface area contributed by atoms with Gasteiger partial charge in [0.1, 0.15) is 5.75 Å². The van der Waals surface area contributed by atoms with Crippen LogP contribution in [-0.2, 0) is 6.42 Å². The van der Waals surface area contributed by atoms with Crippen LogP contribution in [0.1, 0.15) is 25.6 Å². The minimum absolute atomic E-state index is 0.231. The number of unbranched alkanes of at least 4 members (excludes halogenated alkanes) is 1. The quantitative estimate of drug-likeness (QED) is 0.857. The number of aromatic nitrogens is 2. The van der Waals surface area contributed by atoms with Gasteiger partial charge in [-0.2, -0.15) is 4.98 Å². The van der Waals surface area contributed by atoms with E-state index in [0.717, 1.165) is 30.7 Å². The number of aryl methyl sites for hydroxylation is 1. The highest BCUT2D eigenvalue weighted by atomic mass is 16.5. The predicted octanol–water partition coefficient (Wildman–Crippen LogP) is 2.78. The number of benzene rings is 1. The van der Waals surface area contributed by atoms with Gasteiger partial charge in [-0.1, -0.05) is 18.5 Å². The summed E-state index contributed by atoms with van der Waals surface area (Å²) in [5.74, 6) is 1.48. The van der Waals surface area contributed by atoms with Crippen molar-refractivity contribution >= 4 is 0 Å². The van der Waals surface area contributed by atoms with Crippen molar-refractivity contribution in [3.63, 3.8) is 0 Å². The van der Waals surface area contributed by atoms with Crippen LogP contribution >= 0.6 is 0 Å². The van der Waals surface area contributed by atoms with E-state index in [1.807, 2.05) is 0 Å². The monoisotopic (exact) mass is 218 g/mol. The number of rotatable bonds is 4. The summed E-state index contributed by atoms with van der Waals surface area (Å²) in [6.07, 6.45) is 3.02. The van der Waals surface area contributed by atoms with Crippen LogP contribution < -0.4 is 0 Å². The summed E-state index contributed by atoms with van der Waals surface area (Å²) in [5.41, 5.74) is 0.827. The molecule has 0 unspecified atom stereocenters. The van der Waals surface area contributed by atoms with Crippen molar-refractivity contribution in [3.8, 4) is 17.2 Å². The van der Waals surface area contributed by atoms with Gasteiger partial charge in [-0.3, -0.25) is 0 Å². The third-order valence-electron chi connectivity index (χ3n) is 2.34. The number of hydrogen-bond acceptors (Lipinski definition) is 4. The number of phenolic OH excluding ortho intramolecular Hbond substituents is 1. The Hall–Kier alpha value is -1.84. The van der Waals surface area contributed by atoms with Gasteiger partial charge < -0.3 is 9.63 Å². The maximum absolute atomic E-state index is 9.16. The molecule has 0 spiro atoms. The van der Waals surface area contributed by atoms with E-state index in [9.17, 15) is 0 Å². The van der Waals surface area contributed by atoms with Crippen molar-refractivity contribution in [1.82, 2.24) is 10.1 Å². The van der Waals surface area contributed by atoms with Gasteiger partial charge >= 0.3 is 0 Å². The Kier molecular flexibility index (Phi) is 3.19. The highest BCUT2D eigenvalue weighted by molar-refractivity contribution is 5.53. The molecule has 0 atom stereocenters. The van der Waals surface area contributed by atoms with Crippen LogP contribution in [0.3, 0.4) is 0 Å². The summed E-state index contributed by atoms with van der Waals surface area (Å²) in [5, 5.41) is 13.1. The zero-order valence-corrected chi connectivity index (χ0v) is 9.18. The zero-order valence-electron chi connectivity index (χ0n) is 9.18. The van der Waals surface area contributed by atoms with E-state index < -0.39 is 0 Å². The molecule has 1 aromatic heterocycles. The maximum Gasteiger partial charge on any atom is 0.257 e. The van der Waals surface area contributed by atoms with Crippen molar-refractivity contribution in [3.05, 3.63) is 30.1 Å². The van der Waals surface area contributed by atoms with Crippen molar-refractivity contribution in [1.29, 1.82) is 0 Å². The predicted molar refractivity (Wildman–Crippen MR) is 60.0 cm³/mol. The van der Waals surface area contributed by atoms with Crippen LogP contribution in [0.25, 0.3) is 11.5 Å². The first-order valence-corrected chi connectivity index (χ1v) is 5.41. The molecule has 0 saturated heterocycles. The van der Waals surface area contributed by atoms with Crippen molar-refractivity contribution < 1.29 is 9.63 Å². The smallest absolute Gasteiger partial charge is 0.257 e. The molecule has 1 N–H and O–H groups in total. The highest BCUT2D eigenvalue weighted by Gasteiger charge is 2.07. The van der Waals surface area contributed by atoms with Gasteiger partial charge in [-0.15, -0.1) is 0 Å². The van der Waals surface area contributed by atoms with Gasteiger partial charge in [0.25, 0.3) is 5.89 Å². The van der Waals surface area contributed by atoms with Gasteiger partial charge in [0.15, 0.2) is 5.82 Å². The van der Waals surface area contributed by atoms with E-state index in [1.165, 1.54) is 0 Å². The molecule has 1 aromatic carbocycles. The molecule has 2 rings (SSSR count). The number of hydrogen-bond donors (Lipinski definition) is 1. The number of phenols is 1. The van der Waals surface area contributed by atoms with Crippen LogP contribution in [-0.4, -0.2) is 15.2 Å². The molecule has 0 radical (unpaired) electrons. The topological polar surface area (TPSA) is 59.2 Å². The third-order valence-corrected chi connectivity index (χ3v) is 2.34. The molecule has 0 bridgehead atoms. The molecular weight excluding hydrogens is 204 g/mol. The Morgan fingerprint density at radius 2 is 2.00 bits per heavy atom. The van der Waals surface area contributed by atoms with Gasteiger partial charge in [-0.05, 0) is 30.7 Å². The molecule has 84 valence electrons. The van der Waals surface area contributed by atoms with Gasteiger partial charge in [-0.25, -0.2) is 0 Å². The molecular formula is C12H14N2O2. The fraction of sp³-hybridized carbons (Fsp3) is 0.333. The second-order valence-corrected chi connectivity index (χ2v) is 3.67. The summed E-state index contributed by atoms with van der Waals surface area (Å²) in [6.45, 7) is 2.13. The second-order valence-electron chi connectivity index (χ2n) is 3.67. The minimum atomic E-state index is 0.231. The van der Waals surface area contributed by atoms with E-state index in [2.05, 4.69) is 17.1 Å². The van der Waals surface area contributed by atoms with Crippen molar-refractivity contribution in [2.24, 2.45) is 0 Å². The molecule has 16 heavy (non-hydrogen) atoms. The summed E-state index contributed by atoms with van der Waals surface area (Å²) < 4.78 is 5.14. The average molecular weight is 218 g/mol. The van der Waals surface area contributed by atoms with Crippen molar-refractivity contribution in [2.45, 2.75) is 26.2 Å². The number of nitrogens with zero attached hydrogens (tertiary/aromatic N) is 2. The fourth-order valence-corrected chi connectivity index (χ4v) is 1.41. The second kappa shape index (κ2) is 4.79. The van der Waals surface area contributed by atoms with Gasteiger partial charge in [0.2, 0.25) is 0 Å². The van der Waals surface area contributed by atoms with Crippen LogP contribution in [0.15, 0.2) is 28.8 Å². The van der Waals surface area contributed by atoms with E-state index in [1.54, 1.807) is 24.3 Å². The molecule has 4 heteroatoms. The SMILES string of the molecule is CCCCc1noc(-c2ccc(O)cc2)n1. The Morgan fingerprint density at radius 1 is 1.25 bits per heavy atom. The first-order valence-electron chi connectivity index (χ1n) is 5.41. The lowest BCUT2D eigenvalue weighted by Gasteiger charge is -1.93. The Morgan fingerprint density at radius 3 is 2.69 bits per heavy atom. The largest absolute Gasteiger partial charge is 0.508 e. The summed E-state index contributed by atoms with van der Waals surface area (Å²) in [6, 6.07) is 6.72. The summed E-state index contributed by atoms with van der Waals surface area (Å²) >= 11 is 0. The molecule has 0 saturated carbocycles. The van der Waals surface area contributed by atoms with Crippen LogP contribution in [0.4, 0.5) is 0 Å². The molecule has 0 aliphatic rings. The normalized spacial score (nSPS) is 10.6. The molecule has 1 heterocycles. The summed E-state index contributed by atoms with van der Waals surface area (Å²) in [4.78, 5) is 4.29. The average Bonchev–Trinajstić information content (AvgIpc) is 2.76. The molecule has 0 amide bonds. The zero-order chi connectivity index (χ0) is 11.4. The Balaban J connectivity index is 2.15. The third kappa shape index (κ3) is 2.39. The Bertz CT molecular complexity index is 448. The lowest BCUT2D eigenvalue weighted by atomic mass is 10.2. The standard InChI is InChI=1S/C12H14N2O2/c1-2-3-4-11-13-12(16-14-11)9-5-7-10(15)8-6-9/h5-8,15H,2-4H2,1H3. The molecule has 0 aliphatic heterocycles. The molecule has 0 fully saturated rings. The molecule has 4 nitrogen and oxygen atoms in total. The first kappa shape index (κ1) is 10.7. The van der Waals surface area contributed by atoms with Crippen molar-refractivity contribution in [2.75, 3.05) is 0 Å². The van der Waals surface area contributed by atoms with E-state index in [0.29, 0.717) is 5.89 Å². The van der Waals surface area contributed by atoms with Crippen LogP contribution in [0, 0.1) is 0 Å². The lowest BCUT2D eigenvalue weighted by Crippen LogP contribution is -1.87. The first-order chi connectivity index (χ1) is 7.79. The minimum Gasteiger partial charge on any atom is -0.508 e. The van der Waals surface area contributed by atoms with E-state index in [4.69, 9.17) is 9.63 Å². The van der Waals surface area contributed by atoms with E-state index >= 15 is 0 Å². The Labute approximate surface area is 93.9 Å². The lowest BCUT2D eigenvalue weighted by molar-refractivity contribution is 0.421.